The zero-order valence-electron chi connectivity index (χ0n) is 9.48. The van der Waals surface area contributed by atoms with Crippen LogP contribution in [-0.2, 0) is 0 Å². The SMILES string of the molecule is C#CCCCCN1C(=O)c2ccccc2C1=O. The minimum atomic E-state index is -0.189. The van der Waals surface area contributed by atoms with Crippen LogP contribution in [0.15, 0.2) is 24.3 Å². The molecule has 0 N–H and O–H groups in total. The Morgan fingerprint density at radius 3 is 2.18 bits per heavy atom. The fraction of sp³-hybridized carbons (Fsp3) is 0.286. The summed E-state index contributed by atoms with van der Waals surface area (Å²) in [6, 6.07) is 6.92. The monoisotopic (exact) mass is 227 g/mol. The van der Waals surface area contributed by atoms with Crippen molar-refractivity contribution in [1.29, 1.82) is 0 Å². The van der Waals surface area contributed by atoms with Gasteiger partial charge in [0.1, 0.15) is 0 Å². The molecule has 0 bridgehead atoms. The fourth-order valence-corrected chi connectivity index (χ4v) is 1.94. The lowest BCUT2D eigenvalue weighted by Crippen LogP contribution is -2.30. The minimum Gasteiger partial charge on any atom is -0.274 e. The van der Waals surface area contributed by atoms with E-state index in [2.05, 4.69) is 5.92 Å². The van der Waals surface area contributed by atoms with Gasteiger partial charge in [0.25, 0.3) is 11.8 Å². The molecule has 0 saturated carbocycles. The van der Waals surface area contributed by atoms with Gasteiger partial charge in [-0.05, 0) is 25.0 Å². The molecule has 1 heterocycles. The smallest absolute Gasteiger partial charge is 0.261 e. The lowest BCUT2D eigenvalue weighted by Gasteiger charge is -2.12. The lowest BCUT2D eigenvalue weighted by molar-refractivity contribution is 0.0652. The number of fused-ring (bicyclic) bond motifs is 1. The van der Waals surface area contributed by atoms with E-state index in [4.69, 9.17) is 6.42 Å². The number of amides is 2. The molecule has 86 valence electrons. The molecule has 0 atom stereocenters. The summed E-state index contributed by atoms with van der Waals surface area (Å²) in [4.78, 5) is 25.2. The molecule has 0 spiro atoms. The summed E-state index contributed by atoms with van der Waals surface area (Å²) >= 11 is 0. The molecular formula is C14H13NO2. The molecule has 3 heteroatoms. The van der Waals surface area contributed by atoms with Crippen molar-refractivity contribution in [3.63, 3.8) is 0 Å². The number of carbonyl (C=O) groups excluding carboxylic acids is 2. The number of unbranched alkanes of at least 4 members (excludes halogenated alkanes) is 2. The summed E-state index contributed by atoms with van der Waals surface area (Å²) in [5, 5.41) is 0. The van der Waals surface area contributed by atoms with Gasteiger partial charge in [-0.25, -0.2) is 0 Å². The van der Waals surface area contributed by atoms with Crippen molar-refractivity contribution in [3.05, 3.63) is 35.4 Å². The zero-order chi connectivity index (χ0) is 12.3. The second-order valence-electron chi connectivity index (χ2n) is 3.97. The van der Waals surface area contributed by atoms with Gasteiger partial charge in [-0.3, -0.25) is 14.5 Å². The Morgan fingerprint density at radius 1 is 1.06 bits per heavy atom. The summed E-state index contributed by atoms with van der Waals surface area (Å²) in [6.07, 6.45) is 7.43. The molecule has 0 aromatic heterocycles. The standard InChI is InChI=1S/C14H13NO2/c1-2-3-4-7-10-15-13(16)11-8-5-6-9-12(11)14(15)17/h1,5-6,8-9H,3-4,7,10H2. The van der Waals surface area contributed by atoms with Crippen molar-refractivity contribution < 1.29 is 9.59 Å². The normalized spacial score (nSPS) is 13.7. The van der Waals surface area contributed by atoms with E-state index in [9.17, 15) is 9.59 Å². The summed E-state index contributed by atoms with van der Waals surface area (Å²) in [6.45, 7) is 0.452. The number of nitrogens with zero attached hydrogens (tertiary/aromatic N) is 1. The Bertz CT molecular complexity index is 464. The largest absolute Gasteiger partial charge is 0.274 e. The molecule has 1 aromatic rings. The average Bonchev–Trinajstić information content (AvgIpc) is 2.60. The van der Waals surface area contributed by atoms with E-state index in [0.29, 0.717) is 24.1 Å². The van der Waals surface area contributed by atoms with Crippen LogP contribution in [0, 0.1) is 12.3 Å². The van der Waals surface area contributed by atoms with E-state index in [0.717, 1.165) is 12.8 Å². The maximum absolute atomic E-state index is 11.9. The number of benzene rings is 1. The van der Waals surface area contributed by atoms with Crippen LogP contribution in [0.1, 0.15) is 40.0 Å². The number of terminal acetylenes is 1. The van der Waals surface area contributed by atoms with Gasteiger partial charge in [0.05, 0.1) is 11.1 Å². The van der Waals surface area contributed by atoms with Crippen molar-refractivity contribution in [2.45, 2.75) is 19.3 Å². The van der Waals surface area contributed by atoms with Crippen LogP contribution in [-0.4, -0.2) is 23.3 Å². The molecule has 1 aliphatic heterocycles. The highest BCUT2D eigenvalue weighted by Gasteiger charge is 2.34. The predicted molar refractivity (Wildman–Crippen MR) is 64.5 cm³/mol. The number of imide groups is 1. The summed E-state index contributed by atoms with van der Waals surface area (Å²) in [5.41, 5.74) is 1.02. The molecule has 17 heavy (non-hydrogen) atoms. The van der Waals surface area contributed by atoms with E-state index in [1.54, 1.807) is 24.3 Å². The summed E-state index contributed by atoms with van der Waals surface area (Å²) in [7, 11) is 0. The molecule has 0 saturated heterocycles. The molecule has 1 aromatic carbocycles. The molecule has 2 rings (SSSR count). The van der Waals surface area contributed by atoms with Crippen molar-refractivity contribution in [2.75, 3.05) is 6.54 Å². The van der Waals surface area contributed by atoms with Gasteiger partial charge in [-0.15, -0.1) is 12.3 Å². The first-order chi connectivity index (χ1) is 8.25. The van der Waals surface area contributed by atoms with Gasteiger partial charge in [-0.2, -0.15) is 0 Å². The third kappa shape index (κ3) is 2.07. The minimum absolute atomic E-state index is 0.189. The van der Waals surface area contributed by atoms with Crippen molar-refractivity contribution in [3.8, 4) is 12.3 Å². The van der Waals surface area contributed by atoms with Gasteiger partial charge in [0.15, 0.2) is 0 Å². The Balaban J connectivity index is 2.06. The Hall–Kier alpha value is -2.08. The van der Waals surface area contributed by atoms with Gasteiger partial charge in [0.2, 0.25) is 0 Å². The van der Waals surface area contributed by atoms with Crippen molar-refractivity contribution >= 4 is 11.8 Å². The number of hydrogen-bond donors (Lipinski definition) is 0. The van der Waals surface area contributed by atoms with E-state index in [-0.39, 0.29) is 11.8 Å². The highest BCUT2D eigenvalue weighted by Crippen LogP contribution is 2.22. The Morgan fingerprint density at radius 2 is 1.65 bits per heavy atom. The number of rotatable bonds is 4. The molecule has 0 fully saturated rings. The maximum Gasteiger partial charge on any atom is 0.261 e. The summed E-state index contributed by atoms with van der Waals surface area (Å²) < 4.78 is 0. The second kappa shape index (κ2) is 4.84. The van der Waals surface area contributed by atoms with Crippen molar-refractivity contribution in [2.24, 2.45) is 0 Å². The van der Waals surface area contributed by atoms with Gasteiger partial charge >= 0.3 is 0 Å². The molecule has 2 amide bonds. The average molecular weight is 227 g/mol. The maximum atomic E-state index is 11.9. The zero-order valence-corrected chi connectivity index (χ0v) is 9.48. The number of carbonyl (C=O) groups is 2. The molecule has 1 aliphatic rings. The predicted octanol–water partition coefficient (Wildman–Crippen LogP) is 2.09. The van der Waals surface area contributed by atoms with E-state index in [1.165, 1.54) is 4.90 Å². The Kier molecular flexibility index (Phi) is 3.24. The quantitative estimate of drug-likeness (QED) is 0.448. The second-order valence-corrected chi connectivity index (χ2v) is 3.97. The molecule has 0 radical (unpaired) electrons. The van der Waals surface area contributed by atoms with Crippen LogP contribution in [0.2, 0.25) is 0 Å². The highest BCUT2D eigenvalue weighted by atomic mass is 16.2. The van der Waals surface area contributed by atoms with Crippen LogP contribution in [0.3, 0.4) is 0 Å². The van der Waals surface area contributed by atoms with E-state index < -0.39 is 0 Å². The van der Waals surface area contributed by atoms with Crippen LogP contribution >= 0.6 is 0 Å². The van der Waals surface area contributed by atoms with Gasteiger partial charge in [0, 0.05) is 13.0 Å². The first kappa shape index (κ1) is 11.4. The van der Waals surface area contributed by atoms with E-state index >= 15 is 0 Å². The van der Waals surface area contributed by atoms with Gasteiger partial charge in [-0.1, -0.05) is 12.1 Å². The third-order valence-corrected chi connectivity index (χ3v) is 2.83. The van der Waals surface area contributed by atoms with Crippen LogP contribution in [0.25, 0.3) is 0 Å². The van der Waals surface area contributed by atoms with E-state index in [1.807, 2.05) is 0 Å². The first-order valence-electron chi connectivity index (χ1n) is 5.64. The topological polar surface area (TPSA) is 37.4 Å². The van der Waals surface area contributed by atoms with Crippen LogP contribution < -0.4 is 0 Å². The highest BCUT2D eigenvalue weighted by molar-refractivity contribution is 6.21. The molecular weight excluding hydrogens is 214 g/mol. The molecule has 0 unspecified atom stereocenters. The number of hydrogen-bond acceptors (Lipinski definition) is 2. The third-order valence-electron chi connectivity index (χ3n) is 2.83. The Labute approximate surface area is 100 Å². The van der Waals surface area contributed by atoms with Crippen LogP contribution in [0.5, 0.6) is 0 Å². The summed E-state index contributed by atoms with van der Waals surface area (Å²) in [5.74, 6) is 2.17. The van der Waals surface area contributed by atoms with Crippen LogP contribution in [0.4, 0.5) is 0 Å². The fourth-order valence-electron chi connectivity index (χ4n) is 1.94. The molecule has 0 aliphatic carbocycles. The van der Waals surface area contributed by atoms with Gasteiger partial charge < -0.3 is 0 Å². The molecule has 3 nitrogen and oxygen atoms in total. The van der Waals surface area contributed by atoms with Crippen molar-refractivity contribution in [1.82, 2.24) is 4.90 Å². The first-order valence-corrected chi connectivity index (χ1v) is 5.64. The lowest BCUT2D eigenvalue weighted by atomic mass is 10.1.